The number of nitrogens with one attached hydrogen (secondary N) is 1. The molecule has 112 valence electrons. The van der Waals surface area contributed by atoms with Crippen molar-refractivity contribution in [2.45, 2.75) is 51.1 Å². The van der Waals surface area contributed by atoms with Crippen LogP contribution in [0, 0.1) is 0 Å². The van der Waals surface area contributed by atoms with Gasteiger partial charge in [-0.2, -0.15) is 5.10 Å². The van der Waals surface area contributed by atoms with Crippen molar-refractivity contribution in [2.24, 2.45) is 0 Å². The van der Waals surface area contributed by atoms with Crippen LogP contribution in [0.2, 0.25) is 0 Å². The summed E-state index contributed by atoms with van der Waals surface area (Å²) >= 11 is 0. The second-order valence-electron chi connectivity index (χ2n) is 5.67. The molecule has 0 bridgehead atoms. The van der Waals surface area contributed by atoms with Crippen molar-refractivity contribution >= 4 is 0 Å². The van der Waals surface area contributed by atoms with Gasteiger partial charge in [0.25, 0.3) is 0 Å². The Morgan fingerprint density at radius 2 is 2.19 bits per heavy atom. The minimum Gasteiger partial charge on any atom is -0.309 e. The molecule has 1 saturated carbocycles. The lowest BCUT2D eigenvalue weighted by atomic mass is 10.1. The van der Waals surface area contributed by atoms with E-state index in [0.717, 1.165) is 24.4 Å². The first-order valence-electron chi connectivity index (χ1n) is 7.90. The Morgan fingerprint density at radius 1 is 1.33 bits per heavy atom. The number of hydrogen-bond donors (Lipinski definition) is 1. The van der Waals surface area contributed by atoms with E-state index >= 15 is 0 Å². The molecule has 0 aliphatic heterocycles. The van der Waals surface area contributed by atoms with Gasteiger partial charge in [0.1, 0.15) is 6.33 Å². The largest absolute Gasteiger partial charge is 0.309 e. The number of likely N-dealkylation sites (N-methyl/N-ethyl adjacent to an activating group) is 1. The molecule has 1 N–H and O–H groups in total. The quantitative estimate of drug-likeness (QED) is 0.886. The number of hydrogen-bond acceptors (Lipinski definition) is 4. The Balaban J connectivity index is 1.71. The highest BCUT2D eigenvalue weighted by Gasteiger charge is 2.19. The zero-order chi connectivity index (χ0) is 14.5. The van der Waals surface area contributed by atoms with Crippen LogP contribution in [0.25, 0.3) is 0 Å². The lowest BCUT2D eigenvalue weighted by molar-refractivity contribution is 0.456. The third-order valence-electron chi connectivity index (χ3n) is 4.19. The summed E-state index contributed by atoms with van der Waals surface area (Å²) in [4.78, 5) is 8.36. The molecular formula is C16H23N5. The molecule has 5 nitrogen and oxygen atoms in total. The molecule has 2 heterocycles. The SMILES string of the molecule is CCNC(Cc1ccn(C2CCCC2)n1)c1ccncn1. The van der Waals surface area contributed by atoms with Gasteiger partial charge >= 0.3 is 0 Å². The highest BCUT2D eigenvalue weighted by atomic mass is 15.3. The van der Waals surface area contributed by atoms with Crippen LogP contribution in [0.3, 0.4) is 0 Å². The number of nitrogens with zero attached hydrogens (tertiary/aromatic N) is 4. The van der Waals surface area contributed by atoms with Gasteiger partial charge in [0.05, 0.1) is 23.5 Å². The highest BCUT2D eigenvalue weighted by Crippen LogP contribution is 2.29. The van der Waals surface area contributed by atoms with E-state index in [9.17, 15) is 0 Å². The van der Waals surface area contributed by atoms with Crippen molar-refractivity contribution < 1.29 is 0 Å². The first-order valence-corrected chi connectivity index (χ1v) is 7.90. The molecule has 1 unspecified atom stereocenters. The van der Waals surface area contributed by atoms with Gasteiger partial charge in [-0.1, -0.05) is 19.8 Å². The Bertz CT molecular complexity index is 545. The summed E-state index contributed by atoms with van der Waals surface area (Å²) in [7, 11) is 0. The maximum absolute atomic E-state index is 4.77. The molecule has 0 spiro atoms. The third kappa shape index (κ3) is 3.47. The lowest BCUT2D eigenvalue weighted by Gasteiger charge is -2.16. The Morgan fingerprint density at radius 3 is 2.90 bits per heavy atom. The van der Waals surface area contributed by atoms with Crippen LogP contribution in [0.1, 0.15) is 56.1 Å². The predicted molar refractivity (Wildman–Crippen MR) is 81.9 cm³/mol. The molecule has 1 aliphatic carbocycles. The molecule has 2 aromatic heterocycles. The van der Waals surface area contributed by atoms with Gasteiger partial charge in [-0.3, -0.25) is 4.68 Å². The molecule has 21 heavy (non-hydrogen) atoms. The van der Waals surface area contributed by atoms with Crippen molar-refractivity contribution in [3.63, 3.8) is 0 Å². The number of aromatic nitrogens is 4. The van der Waals surface area contributed by atoms with Gasteiger partial charge in [0, 0.05) is 18.8 Å². The summed E-state index contributed by atoms with van der Waals surface area (Å²) in [5.74, 6) is 0. The average molecular weight is 285 g/mol. The van der Waals surface area contributed by atoms with E-state index in [-0.39, 0.29) is 6.04 Å². The molecule has 1 fully saturated rings. The minimum atomic E-state index is 0.199. The van der Waals surface area contributed by atoms with Gasteiger partial charge in [0.15, 0.2) is 0 Å². The average Bonchev–Trinajstić information content (AvgIpc) is 3.19. The topological polar surface area (TPSA) is 55.6 Å². The van der Waals surface area contributed by atoms with Crippen molar-refractivity contribution in [1.82, 2.24) is 25.1 Å². The molecule has 1 aliphatic rings. The van der Waals surface area contributed by atoms with Gasteiger partial charge in [-0.05, 0) is 31.5 Å². The zero-order valence-electron chi connectivity index (χ0n) is 12.6. The summed E-state index contributed by atoms with van der Waals surface area (Å²) in [5, 5.41) is 8.26. The summed E-state index contributed by atoms with van der Waals surface area (Å²) in [5.41, 5.74) is 2.16. The van der Waals surface area contributed by atoms with Crippen LogP contribution in [0.15, 0.2) is 30.9 Å². The van der Waals surface area contributed by atoms with E-state index in [1.807, 2.05) is 6.07 Å². The first kappa shape index (κ1) is 14.2. The van der Waals surface area contributed by atoms with E-state index < -0.39 is 0 Å². The molecule has 1 atom stereocenters. The molecule has 5 heteroatoms. The normalized spacial score (nSPS) is 17.2. The maximum Gasteiger partial charge on any atom is 0.115 e. The fourth-order valence-corrected chi connectivity index (χ4v) is 3.10. The van der Waals surface area contributed by atoms with E-state index in [1.54, 1.807) is 12.5 Å². The second-order valence-corrected chi connectivity index (χ2v) is 5.67. The molecule has 3 rings (SSSR count). The van der Waals surface area contributed by atoms with E-state index in [1.165, 1.54) is 25.7 Å². The van der Waals surface area contributed by atoms with Crippen LogP contribution in [-0.2, 0) is 6.42 Å². The van der Waals surface area contributed by atoms with Crippen molar-refractivity contribution in [3.05, 3.63) is 42.2 Å². The molecule has 0 radical (unpaired) electrons. The van der Waals surface area contributed by atoms with Crippen molar-refractivity contribution in [3.8, 4) is 0 Å². The highest BCUT2D eigenvalue weighted by molar-refractivity contribution is 5.11. The second kappa shape index (κ2) is 6.80. The third-order valence-corrected chi connectivity index (χ3v) is 4.19. The summed E-state index contributed by atoms with van der Waals surface area (Å²) in [6.07, 6.45) is 11.6. The van der Waals surface area contributed by atoms with Gasteiger partial charge < -0.3 is 5.32 Å². The molecular weight excluding hydrogens is 262 g/mol. The van der Waals surface area contributed by atoms with Crippen LogP contribution in [0.4, 0.5) is 0 Å². The molecule has 0 saturated heterocycles. The Labute approximate surface area is 125 Å². The fraction of sp³-hybridized carbons (Fsp3) is 0.562. The van der Waals surface area contributed by atoms with Gasteiger partial charge in [-0.25, -0.2) is 9.97 Å². The van der Waals surface area contributed by atoms with Crippen LogP contribution in [-0.4, -0.2) is 26.3 Å². The van der Waals surface area contributed by atoms with E-state index in [2.05, 4.69) is 39.2 Å². The first-order chi connectivity index (χ1) is 10.4. The smallest absolute Gasteiger partial charge is 0.115 e. The predicted octanol–water partition coefficient (Wildman–Crippen LogP) is 2.68. The zero-order valence-corrected chi connectivity index (χ0v) is 12.6. The molecule has 2 aromatic rings. The van der Waals surface area contributed by atoms with Gasteiger partial charge in [-0.15, -0.1) is 0 Å². The molecule has 0 aromatic carbocycles. The van der Waals surface area contributed by atoms with E-state index in [4.69, 9.17) is 5.10 Å². The summed E-state index contributed by atoms with van der Waals surface area (Å²) in [6.45, 7) is 3.03. The van der Waals surface area contributed by atoms with E-state index in [0.29, 0.717) is 6.04 Å². The van der Waals surface area contributed by atoms with Crippen molar-refractivity contribution in [2.75, 3.05) is 6.54 Å². The minimum absolute atomic E-state index is 0.199. The Hall–Kier alpha value is -1.75. The monoisotopic (exact) mass is 285 g/mol. The lowest BCUT2D eigenvalue weighted by Crippen LogP contribution is -2.24. The summed E-state index contributed by atoms with van der Waals surface area (Å²) in [6, 6.07) is 4.92. The number of rotatable bonds is 6. The van der Waals surface area contributed by atoms with Crippen molar-refractivity contribution in [1.29, 1.82) is 0 Å². The fourth-order valence-electron chi connectivity index (χ4n) is 3.10. The summed E-state index contributed by atoms with van der Waals surface area (Å²) < 4.78 is 2.16. The van der Waals surface area contributed by atoms with Crippen LogP contribution >= 0.6 is 0 Å². The Kier molecular flexibility index (Phi) is 4.60. The van der Waals surface area contributed by atoms with Crippen LogP contribution in [0.5, 0.6) is 0 Å². The van der Waals surface area contributed by atoms with Crippen LogP contribution < -0.4 is 5.32 Å². The maximum atomic E-state index is 4.77. The van der Waals surface area contributed by atoms with Gasteiger partial charge in [0.2, 0.25) is 0 Å². The molecule has 0 amide bonds. The standard InChI is InChI=1S/C16H23N5/c1-2-18-16(15-7-9-17-12-19-15)11-13-8-10-21(20-13)14-5-3-4-6-14/h7-10,12,14,16,18H,2-6,11H2,1H3.